The van der Waals surface area contributed by atoms with Crippen LogP contribution >= 0.6 is 0 Å². The van der Waals surface area contributed by atoms with Crippen LogP contribution in [0, 0.1) is 0 Å². The van der Waals surface area contributed by atoms with Gasteiger partial charge in [-0.1, -0.05) is 0 Å². The Morgan fingerprint density at radius 2 is 1.90 bits per heavy atom. The van der Waals surface area contributed by atoms with Gasteiger partial charge in [-0.15, -0.1) is 0 Å². The van der Waals surface area contributed by atoms with Crippen LogP contribution in [0.25, 0.3) is 22.4 Å². The van der Waals surface area contributed by atoms with E-state index in [9.17, 15) is 4.79 Å². The van der Waals surface area contributed by atoms with Crippen LogP contribution in [0.3, 0.4) is 0 Å². The van der Waals surface area contributed by atoms with Crippen LogP contribution in [0.4, 0.5) is 5.82 Å². The van der Waals surface area contributed by atoms with Crippen LogP contribution < -0.4 is 11.0 Å². The summed E-state index contributed by atoms with van der Waals surface area (Å²) in [6.45, 7) is 2.51. The lowest BCUT2D eigenvalue weighted by Crippen LogP contribution is -2.39. The van der Waals surface area contributed by atoms with E-state index in [1.807, 2.05) is 23.7 Å². The Hall–Kier alpha value is -2.74. The molecular formula is C21H27N7O. The van der Waals surface area contributed by atoms with Crippen molar-refractivity contribution in [3.8, 4) is 11.4 Å². The number of aryl methyl sites for hydroxylation is 1. The molecule has 3 aromatic heterocycles. The van der Waals surface area contributed by atoms with Crippen molar-refractivity contribution in [2.24, 2.45) is 7.05 Å². The van der Waals surface area contributed by atoms with E-state index in [4.69, 9.17) is 4.98 Å². The van der Waals surface area contributed by atoms with Gasteiger partial charge < -0.3 is 19.8 Å². The van der Waals surface area contributed by atoms with Crippen molar-refractivity contribution in [1.82, 2.24) is 29.4 Å². The van der Waals surface area contributed by atoms with Gasteiger partial charge in [-0.05, 0) is 63.7 Å². The smallest absolute Gasteiger partial charge is 0.347 e. The maximum absolute atomic E-state index is 12.1. The Balaban J connectivity index is 1.39. The maximum Gasteiger partial charge on any atom is 0.347 e. The highest BCUT2D eigenvalue weighted by molar-refractivity contribution is 5.86. The number of aromatic amines is 1. The first kappa shape index (κ1) is 18.3. The van der Waals surface area contributed by atoms with Crippen molar-refractivity contribution in [3.63, 3.8) is 0 Å². The average Bonchev–Trinajstić information content (AvgIpc) is 3.40. The molecule has 0 spiro atoms. The first-order valence-electron chi connectivity index (χ1n) is 10.6. The zero-order valence-electron chi connectivity index (χ0n) is 16.8. The third-order valence-corrected chi connectivity index (χ3v) is 6.35. The van der Waals surface area contributed by atoms with Gasteiger partial charge in [-0.3, -0.25) is 0 Å². The molecular weight excluding hydrogens is 366 g/mol. The van der Waals surface area contributed by atoms with Crippen LogP contribution in [-0.2, 0) is 7.05 Å². The Kier molecular flexibility index (Phi) is 4.79. The molecule has 1 aliphatic heterocycles. The van der Waals surface area contributed by atoms with Crippen molar-refractivity contribution >= 4 is 16.9 Å². The van der Waals surface area contributed by atoms with Gasteiger partial charge in [0.25, 0.3) is 0 Å². The quantitative estimate of drug-likeness (QED) is 0.708. The van der Waals surface area contributed by atoms with Crippen LogP contribution in [0.2, 0.25) is 0 Å². The van der Waals surface area contributed by atoms with E-state index in [2.05, 4.69) is 25.2 Å². The van der Waals surface area contributed by atoms with Crippen molar-refractivity contribution in [3.05, 3.63) is 35.1 Å². The number of imidazole rings is 1. The Morgan fingerprint density at radius 3 is 2.62 bits per heavy atom. The molecule has 0 aromatic carbocycles. The average molecular weight is 393 g/mol. The number of pyridine rings is 1. The number of hydrogen-bond donors (Lipinski definition) is 2. The molecule has 1 saturated carbocycles. The highest BCUT2D eigenvalue weighted by Gasteiger charge is 2.28. The lowest BCUT2D eigenvalue weighted by atomic mass is 9.90. The second-order valence-electron chi connectivity index (χ2n) is 8.27. The van der Waals surface area contributed by atoms with Gasteiger partial charge in [-0.2, -0.15) is 4.98 Å². The summed E-state index contributed by atoms with van der Waals surface area (Å²) in [5, 5.41) is 3.53. The summed E-state index contributed by atoms with van der Waals surface area (Å²) in [6, 6.07) is 4.84. The molecule has 0 amide bonds. The fraction of sp³-hybridized carbons (Fsp3) is 0.524. The number of anilines is 1. The minimum absolute atomic E-state index is 0.327. The number of H-pyrrole nitrogens is 1. The SMILES string of the molecule is Cn1cncc1-c1ccc2[nH]c(=O)nc(NC3CCC(N4CCCC4)CC3)c2n1. The monoisotopic (exact) mass is 393 g/mol. The summed E-state index contributed by atoms with van der Waals surface area (Å²) in [7, 11) is 1.94. The molecule has 0 bridgehead atoms. The van der Waals surface area contributed by atoms with E-state index in [-0.39, 0.29) is 5.69 Å². The molecule has 4 heterocycles. The fourth-order valence-electron chi connectivity index (χ4n) is 4.77. The van der Waals surface area contributed by atoms with Gasteiger partial charge in [0.1, 0.15) is 5.52 Å². The first-order chi connectivity index (χ1) is 14.2. The minimum Gasteiger partial charge on any atom is -0.365 e. The number of nitrogens with one attached hydrogen (secondary N) is 2. The Bertz CT molecular complexity index is 1060. The minimum atomic E-state index is -0.346. The van der Waals surface area contributed by atoms with E-state index < -0.39 is 0 Å². The lowest BCUT2D eigenvalue weighted by molar-refractivity contribution is 0.186. The van der Waals surface area contributed by atoms with E-state index in [0.29, 0.717) is 28.9 Å². The molecule has 1 saturated heterocycles. The van der Waals surface area contributed by atoms with Crippen LogP contribution in [0.5, 0.6) is 0 Å². The molecule has 29 heavy (non-hydrogen) atoms. The van der Waals surface area contributed by atoms with Crippen LogP contribution in [-0.4, -0.2) is 54.6 Å². The highest BCUT2D eigenvalue weighted by Crippen LogP contribution is 2.29. The highest BCUT2D eigenvalue weighted by atomic mass is 16.1. The number of likely N-dealkylation sites (tertiary alicyclic amines) is 1. The molecule has 8 heteroatoms. The normalized spacial score (nSPS) is 22.9. The molecule has 3 aromatic rings. The Labute approximate surface area is 169 Å². The second kappa shape index (κ2) is 7.59. The van der Waals surface area contributed by atoms with E-state index in [0.717, 1.165) is 24.2 Å². The van der Waals surface area contributed by atoms with E-state index in [1.165, 1.54) is 38.8 Å². The number of rotatable bonds is 4. The molecule has 2 aliphatic rings. The summed E-state index contributed by atoms with van der Waals surface area (Å²) >= 11 is 0. The third kappa shape index (κ3) is 3.64. The maximum atomic E-state index is 12.1. The molecule has 8 nitrogen and oxygen atoms in total. The zero-order chi connectivity index (χ0) is 19.8. The van der Waals surface area contributed by atoms with Crippen LogP contribution in [0.1, 0.15) is 38.5 Å². The van der Waals surface area contributed by atoms with Gasteiger partial charge in [0.15, 0.2) is 5.82 Å². The van der Waals surface area contributed by atoms with Gasteiger partial charge in [0.2, 0.25) is 0 Å². The van der Waals surface area contributed by atoms with Crippen molar-refractivity contribution in [2.75, 3.05) is 18.4 Å². The third-order valence-electron chi connectivity index (χ3n) is 6.35. The standard InChI is InChI=1S/C21H27N7O/c1-27-13-22-12-18(27)16-8-9-17-19(24-16)20(26-21(29)25-17)23-14-4-6-15(7-5-14)28-10-2-3-11-28/h8-9,12-15H,2-7,10-11H2,1H3,(H2,23,25,26,29). The Morgan fingerprint density at radius 1 is 1.10 bits per heavy atom. The molecule has 2 N–H and O–H groups in total. The lowest BCUT2D eigenvalue weighted by Gasteiger charge is -2.35. The van der Waals surface area contributed by atoms with Crippen molar-refractivity contribution in [2.45, 2.75) is 50.6 Å². The van der Waals surface area contributed by atoms with Gasteiger partial charge in [-0.25, -0.2) is 14.8 Å². The predicted octanol–water partition coefficient (Wildman–Crippen LogP) is 2.54. The second-order valence-corrected chi connectivity index (χ2v) is 8.27. The van der Waals surface area contributed by atoms with E-state index in [1.54, 1.807) is 12.5 Å². The summed E-state index contributed by atoms with van der Waals surface area (Å²) in [4.78, 5) is 30.7. The number of fused-ring (bicyclic) bond motifs is 1. The molecule has 152 valence electrons. The summed E-state index contributed by atoms with van der Waals surface area (Å²) in [5.74, 6) is 0.581. The summed E-state index contributed by atoms with van der Waals surface area (Å²) in [6.07, 6.45) is 10.8. The number of hydrogen-bond acceptors (Lipinski definition) is 6. The van der Waals surface area contributed by atoms with Crippen LogP contribution in [0.15, 0.2) is 29.5 Å². The zero-order valence-corrected chi connectivity index (χ0v) is 16.8. The molecule has 0 unspecified atom stereocenters. The number of nitrogens with zero attached hydrogens (tertiary/aromatic N) is 5. The summed E-state index contributed by atoms with van der Waals surface area (Å²) < 4.78 is 1.93. The van der Waals surface area contributed by atoms with Gasteiger partial charge in [0, 0.05) is 19.1 Å². The summed E-state index contributed by atoms with van der Waals surface area (Å²) in [5.41, 5.74) is 2.79. The molecule has 5 rings (SSSR count). The number of aromatic nitrogens is 5. The molecule has 1 aliphatic carbocycles. The van der Waals surface area contributed by atoms with Gasteiger partial charge >= 0.3 is 5.69 Å². The first-order valence-corrected chi connectivity index (χ1v) is 10.6. The molecule has 0 radical (unpaired) electrons. The van der Waals surface area contributed by atoms with Crippen molar-refractivity contribution in [1.29, 1.82) is 0 Å². The van der Waals surface area contributed by atoms with Crippen molar-refractivity contribution < 1.29 is 0 Å². The fourth-order valence-corrected chi connectivity index (χ4v) is 4.77. The van der Waals surface area contributed by atoms with E-state index >= 15 is 0 Å². The molecule has 0 atom stereocenters. The predicted molar refractivity (Wildman–Crippen MR) is 113 cm³/mol. The largest absolute Gasteiger partial charge is 0.365 e. The van der Waals surface area contributed by atoms with Gasteiger partial charge in [0.05, 0.1) is 29.4 Å². The molecule has 2 fully saturated rings. The topological polar surface area (TPSA) is 91.7 Å².